The van der Waals surface area contributed by atoms with Crippen LogP contribution in [0.1, 0.15) is 26.7 Å². The van der Waals surface area contributed by atoms with Gasteiger partial charge >= 0.3 is 5.97 Å². The minimum Gasteiger partial charge on any atom is -0.519 e. The van der Waals surface area contributed by atoms with Gasteiger partial charge in [0.05, 0.1) is 6.54 Å². The third-order valence-corrected chi connectivity index (χ3v) is 9.71. The fraction of sp³-hybridized carbons (Fsp3) is 0.941. The van der Waals surface area contributed by atoms with Gasteiger partial charge in [0.15, 0.2) is 8.32 Å². The lowest BCUT2D eigenvalue weighted by atomic mass is 10.3. The summed E-state index contributed by atoms with van der Waals surface area (Å²) in [4.78, 5) is 12.2. The van der Waals surface area contributed by atoms with Crippen molar-refractivity contribution in [3.05, 3.63) is 0 Å². The highest BCUT2D eigenvalue weighted by Crippen LogP contribution is 2.19. The molecule has 0 aliphatic heterocycles. The van der Waals surface area contributed by atoms with Crippen LogP contribution in [0, 0.1) is 0 Å². The summed E-state index contributed by atoms with van der Waals surface area (Å²) in [7, 11) is -4.95. The molecule has 0 amide bonds. The SMILES string of the molecule is CCC(C)O[Si](C)(C)CCCN(CC(=O)O[Si](C)(C)C)[Si](C)(C)C. The summed E-state index contributed by atoms with van der Waals surface area (Å²) in [5, 5.41) is 0. The third kappa shape index (κ3) is 11.6. The fourth-order valence-electron chi connectivity index (χ4n) is 2.56. The lowest BCUT2D eigenvalue weighted by molar-refractivity contribution is -0.135. The van der Waals surface area contributed by atoms with Gasteiger partial charge in [-0.2, -0.15) is 0 Å². The van der Waals surface area contributed by atoms with Crippen molar-refractivity contribution in [2.24, 2.45) is 0 Å². The van der Waals surface area contributed by atoms with Crippen molar-refractivity contribution >= 4 is 30.8 Å². The largest absolute Gasteiger partial charge is 0.519 e. The summed E-state index contributed by atoms with van der Waals surface area (Å²) in [6.07, 6.45) is 2.52. The van der Waals surface area contributed by atoms with Crippen molar-refractivity contribution < 1.29 is 13.6 Å². The van der Waals surface area contributed by atoms with Crippen LogP contribution in [0.25, 0.3) is 0 Å². The molecule has 0 bridgehead atoms. The van der Waals surface area contributed by atoms with E-state index in [-0.39, 0.29) is 5.97 Å². The van der Waals surface area contributed by atoms with Crippen molar-refractivity contribution in [3.8, 4) is 0 Å². The van der Waals surface area contributed by atoms with Gasteiger partial charge in [0.2, 0.25) is 8.32 Å². The summed E-state index contributed by atoms with van der Waals surface area (Å²) in [5.74, 6) is -0.0519. The normalized spacial score (nSPS) is 14.8. The second kappa shape index (κ2) is 9.66. The number of carbonyl (C=O) groups is 1. The molecular formula is C17H41NO3Si3. The average molecular weight is 392 g/mol. The molecule has 0 heterocycles. The van der Waals surface area contributed by atoms with Crippen LogP contribution in [0.5, 0.6) is 0 Å². The first-order chi connectivity index (χ1) is 10.7. The van der Waals surface area contributed by atoms with E-state index < -0.39 is 24.9 Å². The van der Waals surface area contributed by atoms with E-state index in [4.69, 9.17) is 8.85 Å². The molecule has 7 heteroatoms. The van der Waals surface area contributed by atoms with Gasteiger partial charge < -0.3 is 13.4 Å². The Kier molecular flexibility index (Phi) is 9.68. The second-order valence-electron chi connectivity index (χ2n) is 9.38. The number of nitrogens with zero attached hydrogens (tertiary/aromatic N) is 1. The van der Waals surface area contributed by atoms with Crippen LogP contribution in [0.3, 0.4) is 0 Å². The highest BCUT2D eigenvalue weighted by atomic mass is 28.4. The van der Waals surface area contributed by atoms with Crippen LogP contribution >= 0.6 is 0 Å². The molecule has 0 saturated heterocycles. The molecule has 0 aliphatic rings. The highest BCUT2D eigenvalue weighted by Gasteiger charge is 2.30. The van der Waals surface area contributed by atoms with Crippen LogP contribution in [0.15, 0.2) is 0 Å². The molecule has 0 radical (unpaired) electrons. The van der Waals surface area contributed by atoms with Gasteiger partial charge in [0, 0.05) is 6.10 Å². The molecule has 1 unspecified atom stereocenters. The predicted octanol–water partition coefficient (Wildman–Crippen LogP) is 4.91. The lowest BCUT2D eigenvalue weighted by Crippen LogP contribution is -2.50. The first kappa shape index (κ1) is 24.0. The van der Waals surface area contributed by atoms with E-state index in [1.807, 2.05) is 0 Å². The Labute approximate surface area is 153 Å². The van der Waals surface area contributed by atoms with Gasteiger partial charge in [-0.3, -0.25) is 4.79 Å². The van der Waals surface area contributed by atoms with Gasteiger partial charge in [-0.05, 0) is 65.1 Å². The third-order valence-electron chi connectivity index (χ3n) is 3.99. The number of rotatable bonds is 11. The van der Waals surface area contributed by atoms with Gasteiger partial charge in [0.25, 0.3) is 0 Å². The average Bonchev–Trinajstić information content (AvgIpc) is 2.33. The predicted molar refractivity (Wildman–Crippen MR) is 112 cm³/mol. The van der Waals surface area contributed by atoms with E-state index in [9.17, 15) is 4.79 Å². The first-order valence-corrected chi connectivity index (χ1v) is 19.3. The minimum absolute atomic E-state index is 0.0519. The summed E-state index contributed by atoms with van der Waals surface area (Å²) in [5.41, 5.74) is 0. The maximum atomic E-state index is 12.2. The van der Waals surface area contributed by atoms with E-state index in [1.165, 1.54) is 0 Å². The number of hydrogen-bond acceptors (Lipinski definition) is 4. The standard InChI is InChI=1S/C17H41NO3Si3/c1-11-16(2)20-24(9,10)14-12-13-18(22(3,4)5)15-17(19)21-23(6,7)8/h16H,11-15H2,1-10H3. The lowest BCUT2D eigenvalue weighted by Gasteiger charge is -2.35. The Morgan fingerprint density at radius 2 is 1.58 bits per heavy atom. The van der Waals surface area contributed by atoms with E-state index in [0.29, 0.717) is 12.6 Å². The Hall–Kier alpha value is 0.0406. The summed E-state index contributed by atoms with van der Waals surface area (Å²) < 4.78 is 14.3. The molecule has 24 heavy (non-hydrogen) atoms. The molecule has 0 aromatic heterocycles. The Morgan fingerprint density at radius 1 is 1.04 bits per heavy atom. The fourth-order valence-corrected chi connectivity index (χ4v) is 7.13. The molecule has 0 spiro atoms. The maximum absolute atomic E-state index is 12.2. The molecule has 0 rings (SSSR count). The summed E-state index contributed by atoms with van der Waals surface area (Å²) in [6, 6.07) is 1.14. The van der Waals surface area contributed by atoms with Crippen LogP contribution in [0.2, 0.25) is 58.4 Å². The van der Waals surface area contributed by atoms with E-state index in [0.717, 1.165) is 25.4 Å². The van der Waals surface area contributed by atoms with Crippen molar-refractivity contribution in [3.63, 3.8) is 0 Å². The molecule has 1 atom stereocenters. The zero-order valence-electron chi connectivity index (χ0n) is 17.8. The quantitative estimate of drug-likeness (QED) is 0.469. The first-order valence-electron chi connectivity index (χ1n) is 9.31. The number of hydrogen-bond donors (Lipinski definition) is 0. The van der Waals surface area contributed by atoms with Crippen molar-refractivity contribution in [1.82, 2.24) is 4.57 Å². The second-order valence-corrected chi connectivity index (χ2v) is 23.0. The topological polar surface area (TPSA) is 38.8 Å². The van der Waals surface area contributed by atoms with Crippen molar-refractivity contribution in [2.75, 3.05) is 13.1 Å². The van der Waals surface area contributed by atoms with Crippen LogP contribution in [-0.2, 0) is 13.6 Å². The Morgan fingerprint density at radius 3 is 2.00 bits per heavy atom. The van der Waals surface area contributed by atoms with Gasteiger partial charge in [0.1, 0.15) is 8.24 Å². The monoisotopic (exact) mass is 391 g/mol. The van der Waals surface area contributed by atoms with E-state index in [2.05, 4.69) is 70.8 Å². The molecule has 0 aliphatic carbocycles. The van der Waals surface area contributed by atoms with Crippen molar-refractivity contribution in [1.29, 1.82) is 0 Å². The molecule has 0 N–H and O–H groups in total. The Bertz CT molecular complexity index is 390. The maximum Gasteiger partial charge on any atom is 0.306 e. The Balaban J connectivity index is 4.58. The highest BCUT2D eigenvalue weighted by molar-refractivity contribution is 6.74. The molecule has 144 valence electrons. The smallest absolute Gasteiger partial charge is 0.306 e. The molecule has 4 nitrogen and oxygen atoms in total. The van der Waals surface area contributed by atoms with E-state index >= 15 is 0 Å². The minimum atomic E-state index is -1.80. The zero-order chi connectivity index (χ0) is 19.2. The van der Waals surface area contributed by atoms with Gasteiger partial charge in [-0.15, -0.1) is 0 Å². The molecule has 0 aromatic carbocycles. The van der Waals surface area contributed by atoms with Crippen molar-refractivity contribution in [2.45, 2.75) is 91.2 Å². The van der Waals surface area contributed by atoms with Gasteiger partial charge in [-0.1, -0.05) is 26.6 Å². The summed E-state index contributed by atoms with van der Waals surface area (Å²) in [6.45, 7) is 23.4. The molecule has 0 fully saturated rings. The van der Waals surface area contributed by atoms with E-state index in [1.54, 1.807) is 0 Å². The zero-order valence-corrected chi connectivity index (χ0v) is 20.8. The van der Waals surface area contributed by atoms with Crippen LogP contribution in [0.4, 0.5) is 0 Å². The van der Waals surface area contributed by atoms with Crippen LogP contribution < -0.4 is 0 Å². The molecule has 0 saturated carbocycles. The van der Waals surface area contributed by atoms with Gasteiger partial charge in [-0.25, -0.2) is 0 Å². The molecular weight excluding hydrogens is 350 g/mol. The molecule has 0 aromatic rings. The summed E-state index contributed by atoms with van der Waals surface area (Å²) >= 11 is 0. The van der Waals surface area contributed by atoms with Crippen LogP contribution in [-0.4, -0.2) is 54.6 Å². The number of carbonyl (C=O) groups excluding carboxylic acids is 1.